The van der Waals surface area contributed by atoms with E-state index in [2.05, 4.69) is 31.0 Å². The molecule has 2 atom stereocenters. The maximum Gasteiger partial charge on any atom is 0.0628 e. The first-order valence-electron chi connectivity index (χ1n) is 8.54. The Balaban J connectivity index is 1.62. The summed E-state index contributed by atoms with van der Waals surface area (Å²) < 4.78 is 0. The molecule has 3 aliphatic rings. The Morgan fingerprint density at radius 1 is 1.05 bits per heavy atom. The lowest BCUT2D eigenvalue weighted by Gasteiger charge is -2.38. The number of nitrogens with one attached hydrogen (secondary N) is 1. The molecule has 1 aliphatic heterocycles. The molecule has 0 amide bonds. The normalized spacial score (nSPS) is 31.5. The zero-order chi connectivity index (χ0) is 14.4. The minimum Gasteiger partial charge on any atom is -0.394 e. The van der Waals surface area contributed by atoms with Crippen LogP contribution in [-0.4, -0.2) is 47.8 Å². The van der Waals surface area contributed by atoms with Crippen molar-refractivity contribution in [2.24, 2.45) is 17.3 Å². The summed E-state index contributed by atoms with van der Waals surface area (Å²) in [6.45, 7) is 10.9. The fraction of sp³-hybridized carbons (Fsp3) is 1.00. The smallest absolute Gasteiger partial charge is 0.0628 e. The molecule has 0 aromatic rings. The molecule has 1 saturated heterocycles. The van der Waals surface area contributed by atoms with Crippen molar-refractivity contribution >= 4 is 0 Å². The number of nitrogens with zero attached hydrogens (tertiary/aromatic N) is 1. The Bertz CT molecular complexity index is 343. The fourth-order valence-corrected chi connectivity index (χ4v) is 3.87. The molecular weight excluding hydrogens is 248 g/mol. The van der Waals surface area contributed by atoms with Crippen molar-refractivity contribution < 1.29 is 5.11 Å². The SMILES string of the molecule is CC(C)(C)C1CCN(CC(CO)(NC2CC2)C2CC2)C1. The molecule has 0 spiro atoms. The van der Waals surface area contributed by atoms with Crippen LogP contribution in [-0.2, 0) is 0 Å². The number of rotatable bonds is 6. The van der Waals surface area contributed by atoms with E-state index in [4.69, 9.17) is 0 Å². The predicted octanol–water partition coefficient (Wildman–Crippen LogP) is 2.25. The van der Waals surface area contributed by atoms with Gasteiger partial charge in [0.2, 0.25) is 0 Å². The molecule has 3 rings (SSSR count). The van der Waals surface area contributed by atoms with Crippen molar-refractivity contribution in [2.75, 3.05) is 26.2 Å². The number of hydrogen-bond donors (Lipinski definition) is 2. The summed E-state index contributed by atoms with van der Waals surface area (Å²) in [6.07, 6.45) is 6.53. The van der Waals surface area contributed by atoms with Crippen LogP contribution in [0.25, 0.3) is 0 Å². The Morgan fingerprint density at radius 2 is 1.75 bits per heavy atom. The van der Waals surface area contributed by atoms with Crippen LogP contribution < -0.4 is 5.32 Å². The van der Waals surface area contributed by atoms with E-state index in [1.54, 1.807) is 0 Å². The summed E-state index contributed by atoms with van der Waals surface area (Å²) in [5.41, 5.74) is 0.411. The average molecular weight is 280 g/mol. The van der Waals surface area contributed by atoms with Crippen molar-refractivity contribution in [3.8, 4) is 0 Å². The van der Waals surface area contributed by atoms with E-state index in [-0.39, 0.29) is 5.54 Å². The van der Waals surface area contributed by atoms with E-state index in [1.807, 2.05) is 0 Å². The first kappa shape index (κ1) is 14.8. The van der Waals surface area contributed by atoms with Crippen LogP contribution in [0.5, 0.6) is 0 Å². The molecule has 0 radical (unpaired) electrons. The molecule has 3 heteroatoms. The van der Waals surface area contributed by atoms with Gasteiger partial charge in [-0.2, -0.15) is 0 Å². The summed E-state index contributed by atoms with van der Waals surface area (Å²) in [5, 5.41) is 13.9. The Hall–Kier alpha value is -0.120. The van der Waals surface area contributed by atoms with E-state index in [0.29, 0.717) is 24.0 Å². The van der Waals surface area contributed by atoms with Crippen molar-refractivity contribution in [2.45, 2.75) is 64.5 Å². The third kappa shape index (κ3) is 3.20. The van der Waals surface area contributed by atoms with Gasteiger partial charge < -0.3 is 15.3 Å². The molecule has 3 nitrogen and oxygen atoms in total. The van der Waals surface area contributed by atoms with Gasteiger partial charge in [-0.05, 0) is 55.9 Å². The average Bonchev–Trinajstić information content (AvgIpc) is 3.27. The van der Waals surface area contributed by atoms with Gasteiger partial charge in [0.25, 0.3) is 0 Å². The molecule has 3 fully saturated rings. The third-order valence-corrected chi connectivity index (χ3v) is 5.71. The van der Waals surface area contributed by atoms with Crippen LogP contribution in [0, 0.1) is 17.3 Å². The molecule has 0 aromatic heterocycles. The second kappa shape index (κ2) is 5.26. The zero-order valence-electron chi connectivity index (χ0n) is 13.5. The van der Waals surface area contributed by atoms with E-state index >= 15 is 0 Å². The first-order valence-corrected chi connectivity index (χ1v) is 8.54. The van der Waals surface area contributed by atoms with E-state index < -0.39 is 0 Å². The van der Waals surface area contributed by atoms with Crippen molar-refractivity contribution in [3.63, 3.8) is 0 Å². The van der Waals surface area contributed by atoms with Crippen molar-refractivity contribution in [1.82, 2.24) is 10.2 Å². The lowest BCUT2D eigenvalue weighted by molar-refractivity contribution is 0.0935. The van der Waals surface area contributed by atoms with Crippen molar-refractivity contribution in [3.05, 3.63) is 0 Å². The summed E-state index contributed by atoms with van der Waals surface area (Å²) in [7, 11) is 0. The molecule has 2 saturated carbocycles. The molecule has 0 aromatic carbocycles. The second-order valence-corrected chi connectivity index (χ2v) is 8.59. The highest BCUT2D eigenvalue weighted by Gasteiger charge is 2.49. The number of hydrogen-bond acceptors (Lipinski definition) is 3. The molecule has 2 aliphatic carbocycles. The number of aliphatic hydroxyl groups excluding tert-OH is 1. The van der Waals surface area contributed by atoms with Gasteiger partial charge in [0.05, 0.1) is 12.1 Å². The summed E-state index contributed by atoms with van der Waals surface area (Å²) in [5.74, 6) is 1.51. The maximum atomic E-state index is 10.1. The standard InChI is InChI=1S/C17H32N2O/c1-16(2,3)14-8-9-19(10-14)11-17(12-20,13-4-5-13)18-15-6-7-15/h13-15,18,20H,4-12H2,1-3H3. The lowest BCUT2D eigenvalue weighted by Crippen LogP contribution is -2.58. The van der Waals surface area contributed by atoms with Crippen LogP contribution in [0.3, 0.4) is 0 Å². The highest BCUT2D eigenvalue weighted by Crippen LogP contribution is 2.43. The quantitative estimate of drug-likeness (QED) is 0.783. The Morgan fingerprint density at radius 3 is 2.20 bits per heavy atom. The summed E-state index contributed by atoms with van der Waals surface area (Å²) >= 11 is 0. The third-order valence-electron chi connectivity index (χ3n) is 5.71. The first-order chi connectivity index (χ1) is 9.43. The molecule has 20 heavy (non-hydrogen) atoms. The van der Waals surface area contributed by atoms with Crippen LogP contribution in [0.2, 0.25) is 0 Å². The van der Waals surface area contributed by atoms with Gasteiger partial charge in [-0.3, -0.25) is 0 Å². The van der Waals surface area contributed by atoms with Crippen LogP contribution in [0.1, 0.15) is 52.9 Å². The highest BCUT2D eigenvalue weighted by molar-refractivity contribution is 5.06. The monoisotopic (exact) mass is 280 g/mol. The molecular formula is C17H32N2O. The minimum absolute atomic E-state index is 0.00601. The molecule has 2 N–H and O–H groups in total. The van der Waals surface area contributed by atoms with Gasteiger partial charge in [-0.15, -0.1) is 0 Å². The van der Waals surface area contributed by atoms with Gasteiger partial charge in [-0.1, -0.05) is 20.8 Å². The van der Waals surface area contributed by atoms with Crippen LogP contribution in [0.4, 0.5) is 0 Å². The maximum absolute atomic E-state index is 10.1. The zero-order valence-corrected chi connectivity index (χ0v) is 13.5. The number of likely N-dealkylation sites (tertiary alicyclic amines) is 1. The summed E-state index contributed by atoms with van der Waals surface area (Å²) in [6, 6.07) is 0.684. The molecule has 1 heterocycles. The fourth-order valence-electron chi connectivity index (χ4n) is 3.87. The minimum atomic E-state index is -0.00601. The van der Waals surface area contributed by atoms with Gasteiger partial charge in [-0.25, -0.2) is 0 Å². The van der Waals surface area contributed by atoms with Gasteiger partial charge >= 0.3 is 0 Å². The molecule has 2 unspecified atom stereocenters. The second-order valence-electron chi connectivity index (χ2n) is 8.59. The van der Waals surface area contributed by atoms with E-state index in [9.17, 15) is 5.11 Å². The van der Waals surface area contributed by atoms with E-state index in [1.165, 1.54) is 45.2 Å². The van der Waals surface area contributed by atoms with Crippen LogP contribution >= 0.6 is 0 Å². The van der Waals surface area contributed by atoms with Crippen molar-refractivity contribution in [1.29, 1.82) is 0 Å². The highest BCUT2D eigenvalue weighted by atomic mass is 16.3. The Labute approximate surface area is 124 Å². The van der Waals surface area contributed by atoms with Gasteiger partial charge in [0, 0.05) is 19.1 Å². The molecule has 116 valence electrons. The number of aliphatic hydroxyl groups is 1. The molecule has 0 bridgehead atoms. The van der Waals surface area contributed by atoms with Gasteiger partial charge in [0.15, 0.2) is 0 Å². The lowest BCUT2D eigenvalue weighted by atomic mass is 9.80. The predicted molar refractivity (Wildman–Crippen MR) is 82.7 cm³/mol. The van der Waals surface area contributed by atoms with Crippen LogP contribution in [0.15, 0.2) is 0 Å². The Kier molecular flexibility index (Phi) is 3.89. The largest absolute Gasteiger partial charge is 0.394 e. The van der Waals surface area contributed by atoms with Gasteiger partial charge in [0.1, 0.15) is 0 Å². The summed E-state index contributed by atoms with van der Waals surface area (Å²) in [4.78, 5) is 2.61. The van der Waals surface area contributed by atoms with E-state index in [0.717, 1.165) is 12.5 Å². The topological polar surface area (TPSA) is 35.5 Å².